The number of aryl methyl sites for hydroxylation is 1. The lowest BCUT2D eigenvalue weighted by Crippen LogP contribution is -2.23. The normalized spacial score (nSPS) is 14.5. The van der Waals surface area contributed by atoms with Crippen LogP contribution in [0.1, 0.15) is 44.7 Å². The summed E-state index contributed by atoms with van der Waals surface area (Å²) in [4.78, 5) is 32.0. The number of H-pyrrole nitrogens is 1. The number of hydrogen-bond donors (Lipinski definition) is 2. The molecule has 146 valence electrons. The van der Waals surface area contributed by atoms with Gasteiger partial charge in [-0.1, -0.05) is 26.2 Å². The number of rotatable bonds is 6. The van der Waals surface area contributed by atoms with Crippen molar-refractivity contribution < 1.29 is 9.21 Å². The lowest BCUT2D eigenvalue weighted by atomic mass is 10.1. The summed E-state index contributed by atoms with van der Waals surface area (Å²) in [5, 5.41) is 7.48. The first-order valence-electron chi connectivity index (χ1n) is 9.69. The second kappa shape index (κ2) is 7.84. The Morgan fingerprint density at radius 1 is 1.36 bits per heavy atom. The Bertz CT molecular complexity index is 1010. The van der Waals surface area contributed by atoms with Gasteiger partial charge in [-0.05, 0) is 31.4 Å². The van der Waals surface area contributed by atoms with Crippen molar-refractivity contribution in [2.75, 3.05) is 5.32 Å². The molecule has 3 aromatic heterocycles. The fourth-order valence-electron chi connectivity index (χ4n) is 3.57. The van der Waals surface area contributed by atoms with Gasteiger partial charge in [0.1, 0.15) is 11.5 Å². The van der Waals surface area contributed by atoms with Crippen LogP contribution in [0.15, 0.2) is 39.7 Å². The Morgan fingerprint density at radius 3 is 2.89 bits per heavy atom. The molecular weight excluding hydrogens is 358 g/mol. The summed E-state index contributed by atoms with van der Waals surface area (Å²) in [6.07, 6.45) is 7.06. The van der Waals surface area contributed by atoms with E-state index < -0.39 is 0 Å². The topological polar surface area (TPSA) is 106 Å². The molecule has 8 nitrogen and oxygen atoms in total. The van der Waals surface area contributed by atoms with E-state index >= 15 is 0 Å². The van der Waals surface area contributed by atoms with Crippen LogP contribution >= 0.6 is 0 Å². The Kier molecular flexibility index (Phi) is 5.10. The van der Waals surface area contributed by atoms with E-state index in [0.29, 0.717) is 29.4 Å². The molecule has 0 aliphatic heterocycles. The van der Waals surface area contributed by atoms with E-state index in [-0.39, 0.29) is 23.3 Å². The molecule has 1 saturated carbocycles. The molecule has 1 amide bonds. The molecule has 0 aromatic carbocycles. The van der Waals surface area contributed by atoms with Gasteiger partial charge < -0.3 is 9.73 Å². The SMILES string of the molecule is CCCc1cc(=O)[nH]c(-n2nc(-c3ccco3)cc2NC(=O)C2CCCC2)n1. The van der Waals surface area contributed by atoms with E-state index in [4.69, 9.17) is 4.42 Å². The smallest absolute Gasteiger partial charge is 0.252 e. The summed E-state index contributed by atoms with van der Waals surface area (Å²) in [6, 6.07) is 6.78. The highest BCUT2D eigenvalue weighted by Gasteiger charge is 2.25. The summed E-state index contributed by atoms with van der Waals surface area (Å²) in [6.45, 7) is 2.03. The number of nitrogens with one attached hydrogen (secondary N) is 2. The first kappa shape index (κ1) is 18.2. The average Bonchev–Trinajstić information content (AvgIpc) is 3.42. The molecule has 1 aliphatic carbocycles. The highest BCUT2D eigenvalue weighted by Crippen LogP contribution is 2.28. The van der Waals surface area contributed by atoms with Gasteiger partial charge in [0.15, 0.2) is 5.76 Å². The van der Waals surface area contributed by atoms with Crippen LogP contribution in [-0.2, 0) is 11.2 Å². The van der Waals surface area contributed by atoms with Crippen molar-refractivity contribution in [1.82, 2.24) is 19.7 Å². The van der Waals surface area contributed by atoms with Crippen LogP contribution in [0, 0.1) is 5.92 Å². The Morgan fingerprint density at radius 2 is 2.18 bits per heavy atom. The van der Waals surface area contributed by atoms with Crippen molar-refractivity contribution in [2.45, 2.75) is 45.4 Å². The van der Waals surface area contributed by atoms with E-state index in [2.05, 4.69) is 20.4 Å². The molecule has 3 heterocycles. The zero-order chi connectivity index (χ0) is 19.5. The van der Waals surface area contributed by atoms with Crippen LogP contribution in [0.25, 0.3) is 17.4 Å². The van der Waals surface area contributed by atoms with Gasteiger partial charge in [-0.3, -0.25) is 14.6 Å². The second-order valence-electron chi connectivity index (χ2n) is 7.08. The van der Waals surface area contributed by atoms with E-state index in [0.717, 1.165) is 32.1 Å². The van der Waals surface area contributed by atoms with Crippen molar-refractivity contribution in [2.24, 2.45) is 5.92 Å². The predicted molar refractivity (Wildman–Crippen MR) is 104 cm³/mol. The van der Waals surface area contributed by atoms with Gasteiger partial charge in [0.25, 0.3) is 5.56 Å². The van der Waals surface area contributed by atoms with E-state index in [9.17, 15) is 9.59 Å². The maximum Gasteiger partial charge on any atom is 0.252 e. The van der Waals surface area contributed by atoms with Crippen molar-refractivity contribution in [3.8, 4) is 17.4 Å². The van der Waals surface area contributed by atoms with Gasteiger partial charge in [-0.15, -0.1) is 0 Å². The van der Waals surface area contributed by atoms with Gasteiger partial charge in [0.2, 0.25) is 11.9 Å². The zero-order valence-electron chi connectivity index (χ0n) is 15.8. The molecule has 1 fully saturated rings. The lowest BCUT2D eigenvalue weighted by Gasteiger charge is -2.12. The molecule has 3 aromatic rings. The predicted octanol–water partition coefficient (Wildman–Crippen LogP) is 3.30. The van der Waals surface area contributed by atoms with Crippen molar-refractivity contribution >= 4 is 11.7 Å². The third-order valence-corrected chi connectivity index (χ3v) is 4.95. The van der Waals surface area contributed by atoms with Gasteiger partial charge in [-0.2, -0.15) is 9.78 Å². The minimum Gasteiger partial charge on any atom is -0.463 e. The maximum absolute atomic E-state index is 12.7. The van der Waals surface area contributed by atoms with Crippen molar-refractivity contribution in [3.05, 3.63) is 46.6 Å². The standard InChI is InChI=1S/C20H23N5O3/c1-2-6-14-11-18(26)23-20(21-14)25-17(22-19(27)13-7-3-4-8-13)12-15(24-25)16-9-5-10-28-16/h5,9-13H,2-4,6-8H2,1H3,(H,22,27)(H,21,23,26). The largest absolute Gasteiger partial charge is 0.463 e. The Hall–Kier alpha value is -3.16. The molecule has 2 N–H and O–H groups in total. The number of hydrogen-bond acceptors (Lipinski definition) is 5. The molecule has 0 atom stereocenters. The minimum absolute atomic E-state index is 0.00819. The number of carbonyl (C=O) groups excluding carboxylic acids is 1. The van der Waals surface area contributed by atoms with Crippen LogP contribution in [0.2, 0.25) is 0 Å². The Balaban J connectivity index is 1.74. The summed E-state index contributed by atoms with van der Waals surface area (Å²) in [7, 11) is 0. The summed E-state index contributed by atoms with van der Waals surface area (Å²) >= 11 is 0. The van der Waals surface area contributed by atoms with Crippen LogP contribution in [-0.4, -0.2) is 25.7 Å². The summed E-state index contributed by atoms with van der Waals surface area (Å²) < 4.78 is 6.90. The molecule has 0 bridgehead atoms. The lowest BCUT2D eigenvalue weighted by molar-refractivity contribution is -0.119. The van der Waals surface area contributed by atoms with Crippen LogP contribution in [0.5, 0.6) is 0 Å². The second-order valence-corrected chi connectivity index (χ2v) is 7.08. The molecule has 0 radical (unpaired) electrons. The minimum atomic E-state index is -0.253. The van der Waals surface area contributed by atoms with Gasteiger partial charge in [0, 0.05) is 23.7 Å². The highest BCUT2D eigenvalue weighted by atomic mass is 16.3. The number of aromatic nitrogens is 4. The number of carbonyl (C=O) groups is 1. The van der Waals surface area contributed by atoms with E-state index in [1.54, 1.807) is 24.5 Å². The fourth-order valence-corrected chi connectivity index (χ4v) is 3.57. The average molecular weight is 381 g/mol. The summed E-state index contributed by atoms with van der Waals surface area (Å²) in [5.41, 5.74) is 0.983. The zero-order valence-corrected chi connectivity index (χ0v) is 15.8. The molecular formula is C20H23N5O3. The molecule has 0 unspecified atom stereocenters. The number of nitrogens with zero attached hydrogens (tertiary/aromatic N) is 3. The molecule has 28 heavy (non-hydrogen) atoms. The van der Waals surface area contributed by atoms with Gasteiger partial charge in [0.05, 0.1) is 6.26 Å². The number of anilines is 1. The first-order chi connectivity index (χ1) is 13.6. The van der Waals surface area contributed by atoms with Crippen LogP contribution < -0.4 is 10.9 Å². The number of amides is 1. The maximum atomic E-state index is 12.7. The van der Waals surface area contributed by atoms with E-state index in [1.165, 1.54) is 10.7 Å². The molecule has 1 aliphatic rings. The molecule has 0 saturated heterocycles. The van der Waals surface area contributed by atoms with Crippen LogP contribution in [0.4, 0.5) is 5.82 Å². The number of aromatic amines is 1. The highest BCUT2D eigenvalue weighted by molar-refractivity contribution is 5.92. The monoisotopic (exact) mass is 381 g/mol. The summed E-state index contributed by atoms with van der Waals surface area (Å²) in [5.74, 6) is 1.28. The van der Waals surface area contributed by atoms with E-state index in [1.807, 2.05) is 6.92 Å². The third-order valence-electron chi connectivity index (χ3n) is 4.95. The van der Waals surface area contributed by atoms with Gasteiger partial charge in [-0.25, -0.2) is 4.98 Å². The third kappa shape index (κ3) is 3.76. The first-order valence-corrected chi connectivity index (χ1v) is 9.69. The molecule has 0 spiro atoms. The molecule has 8 heteroatoms. The van der Waals surface area contributed by atoms with Crippen molar-refractivity contribution in [3.63, 3.8) is 0 Å². The number of furan rings is 1. The fraction of sp³-hybridized carbons (Fsp3) is 0.400. The van der Waals surface area contributed by atoms with Crippen LogP contribution in [0.3, 0.4) is 0 Å². The molecule has 4 rings (SSSR count). The Labute approximate surface area is 162 Å². The van der Waals surface area contributed by atoms with Gasteiger partial charge >= 0.3 is 0 Å². The quantitative estimate of drug-likeness (QED) is 0.681. The van der Waals surface area contributed by atoms with Crippen molar-refractivity contribution in [1.29, 1.82) is 0 Å².